The van der Waals surface area contributed by atoms with Gasteiger partial charge >= 0.3 is 0 Å². The van der Waals surface area contributed by atoms with Crippen LogP contribution in [-0.2, 0) is 9.53 Å². The van der Waals surface area contributed by atoms with Gasteiger partial charge in [-0.2, -0.15) is 5.11 Å². The molecular formula is C17H22N4O2. The maximum Gasteiger partial charge on any atom is 0.162 e. The molecule has 4 heterocycles. The highest BCUT2D eigenvalue weighted by Crippen LogP contribution is 2.54. The second kappa shape index (κ2) is 4.30. The number of nitrogens with one attached hydrogen (secondary N) is 1. The first-order chi connectivity index (χ1) is 11.0. The van der Waals surface area contributed by atoms with Crippen LogP contribution in [0.5, 0.6) is 0 Å². The van der Waals surface area contributed by atoms with Gasteiger partial charge in [0.05, 0.1) is 31.2 Å². The third-order valence-corrected chi connectivity index (χ3v) is 5.97. The van der Waals surface area contributed by atoms with Crippen molar-refractivity contribution in [1.29, 1.82) is 0 Å². The third kappa shape index (κ3) is 1.79. The fraction of sp³-hybridized carbons (Fsp3) is 0.706. The standard InChI is InChI=1S/C17H22N4O2/c1-16(2)3-12-14(13(22)4-16)17(11-5-18-20-15(11)19-12)8-21(9-17)10-6-23-7-10/h10,19H,3-9H2,1-2H3. The lowest BCUT2D eigenvalue weighted by Gasteiger charge is -2.58. The molecule has 1 aliphatic carbocycles. The number of likely N-dealkylation sites (tertiary alicyclic amines) is 1. The zero-order chi connectivity index (χ0) is 15.8. The molecule has 6 nitrogen and oxygen atoms in total. The summed E-state index contributed by atoms with van der Waals surface area (Å²) in [5.41, 5.74) is 3.21. The SMILES string of the molecule is CC1(C)CC(=O)C2=C(C1)NC1=C(CN=N1)C21CN(C2COC2)C1. The molecule has 6 heteroatoms. The Morgan fingerprint density at radius 2 is 2.04 bits per heavy atom. The molecule has 0 saturated carbocycles. The summed E-state index contributed by atoms with van der Waals surface area (Å²) in [7, 11) is 0. The van der Waals surface area contributed by atoms with E-state index in [-0.39, 0.29) is 10.8 Å². The van der Waals surface area contributed by atoms with Gasteiger partial charge in [0, 0.05) is 36.4 Å². The van der Waals surface area contributed by atoms with E-state index in [1.54, 1.807) is 0 Å². The van der Waals surface area contributed by atoms with Gasteiger partial charge in [0.2, 0.25) is 0 Å². The number of ketones is 1. The summed E-state index contributed by atoms with van der Waals surface area (Å²) >= 11 is 0. The number of hydrogen-bond acceptors (Lipinski definition) is 6. The van der Waals surface area contributed by atoms with E-state index in [4.69, 9.17) is 4.74 Å². The van der Waals surface area contributed by atoms with E-state index < -0.39 is 0 Å². The van der Waals surface area contributed by atoms with E-state index in [2.05, 4.69) is 34.3 Å². The number of azo groups is 1. The van der Waals surface area contributed by atoms with Crippen LogP contribution in [0.4, 0.5) is 0 Å². The van der Waals surface area contributed by atoms with Crippen LogP contribution >= 0.6 is 0 Å². The molecule has 122 valence electrons. The molecule has 2 fully saturated rings. The van der Waals surface area contributed by atoms with Crippen LogP contribution in [0.2, 0.25) is 0 Å². The summed E-state index contributed by atoms with van der Waals surface area (Å²) in [6, 6.07) is 0.522. The first kappa shape index (κ1) is 13.9. The summed E-state index contributed by atoms with van der Waals surface area (Å²) in [4.78, 5) is 15.4. The smallest absolute Gasteiger partial charge is 0.162 e. The second-order valence-electron chi connectivity index (χ2n) is 8.32. The summed E-state index contributed by atoms with van der Waals surface area (Å²) in [6.07, 6.45) is 1.55. The predicted octanol–water partition coefficient (Wildman–Crippen LogP) is 1.61. The molecule has 0 atom stereocenters. The van der Waals surface area contributed by atoms with Gasteiger partial charge in [-0.3, -0.25) is 9.69 Å². The lowest BCUT2D eigenvalue weighted by Crippen LogP contribution is -2.68. The van der Waals surface area contributed by atoms with Crippen molar-refractivity contribution in [3.05, 3.63) is 22.7 Å². The average molecular weight is 314 g/mol. The van der Waals surface area contributed by atoms with Gasteiger partial charge in [-0.1, -0.05) is 13.8 Å². The molecule has 0 aromatic rings. The number of ether oxygens (including phenoxy) is 1. The van der Waals surface area contributed by atoms with Crippen molar-refractivity contribution in [2.24, 2.45) is 21.1 Å². The molecule has 0 aromatic carbocycles. The molecular weight excluding hydrogens is 292 g/mol. The number of rotatable bonds is 1. The van der Waals surface area contributed by atoms with E-state index in [0.29, 0.717) is 24.8 Å². The highest BCUT2D eigenvalue weighted by molar-refractivity contribution is 6.00. The van der Waals surface area contributed by atoms with Gasteiger partial charge in [0.15, 0.2) is 11.6 Å². The largest absolute Gasteiger partial charge is 0.378 e. The minimum atomic E-state index is -0.150. The number of hydrogen-bond donors (Lipinski definition) is 1. The van der Waals surface area contributed by atoms with Gasteiger partial charge in [-0.25, -0.2) is 0 Å². The molecule has 5 aliphatic rings. The van der Waals surface area contributed by atoms with E-state index in [9.17, 15) is 4.79 Å². The maximum absolute atomic E-state index is 13.0. The van der Waals surface area contributed by atoms with Crippen LogP contribution in [-0.4, -0.2) is 49.6 Å². The van der Waals surface area contributed by atoms with Crippen LogP contribution in [0.25, 0.3) is 0 Å². The van der Waals surface area contributed by atoms with Gasteiger partial charge < -0.3 is 10.1 Å². The number of carbonyl (C=O) groups is 1. The number of Topliss-reactive ketones (excluding diaryl/α,β-unsaturated/α-hetero) is 1. The normalized spacial score (nSPS) is 31.7. The number of allylic oxidation sites excluding steroid dienone is 1. The van der Waals surface area contributed by atoms with E-state index in [0.717, 1.165) is 49.8 Å². The van der Waals surface area contributed by atoms with Crippen molar-refractivity contribution < 1.29 is 9.53 Å². The minimum Gasteiger partial charge on any atom is -0.378 e. The highest BCUT2D eigenvalue weighted by atomic mass is 16.5. The molecule has 0 bridgehead atoms. The van der Waals surface area contributed by atoms with Crippen LogP contribution < -0.4 is 5.32 Å². The lowest BCUT2D eigenvalue weighted by molar-refractivity contribution is -0.128. The first-order valence-electron chi connectivity index (χ1n) is 8.45. The van der Waals surface area contributed by atoms with Crippen LogP contribution in [0, 0.1) is 10.8 Å². The summed E-state index contributed by atoms with van der Waals surface area (Å²) in [6.45, 7) is 8.44. The van der Waals surface area contributed by atoms with Crippen molar-refractivity contribution in [3.63, 3.8) is 0 Å². The Bertz CT molecular complexity index is 693. The van der Waals surface area contributed by atoms with Crippen LogP contribution in [0.15, 0.2) is 32.9 Å². The maximum atomic E-state index is 13.0. The molecule has 4 aliphatic heterocycles. The van der Waals surface area contributed by atoms with Crippen molar-refractivity contribution >= 4 is 5.78 Å². The minimum absolute atomic E-state index is 0.0170. The molecule has 1 N–H and O–H groups in total. The monoisotopic (exact) mass is 314 g/mol. The second-order valence-corrected chi connectivity index (χ2v) is 8.32. The fourth-order valence-corrected chi connectivity index (χ4v) is 4.76. The Morgan fingerprint density at radius 3 is 2.74 bits per heavy atom. The summed E-state index contributed by atoms with van der Waals surface area (Å²) < 4.78 is 5.33. The third-order valence-electron chi connectivity index (χ3n) is 5.97. The molecule has 23 heavy (non-hydrogen) atoms. The van der Waals surface area contributed by atoms with Crippen LogP contribution in [0.1, 0.15) is 26.7 Å². The Morgan fingerprint density at radius 1 is 1.26 bits per heavy atom. The van der Waals surface area contributed by atoms with Crippen molar-refractivity contribution in [2.75, 3.05) is 32.8 Å². The van der Waals surface area contributed by atoms with Gasteiger partial charge in [0.25, 0.3) is 0 Å². The predicted molar refractivity (Wildman–Crippen MR) is 83.5 cm³/mol. The Balaban J connectivity index is 1.55. The number of carbonyl (C=O) groups excluding carboxylic acids is 1. The number of nitrogens with zero attached hydrogens (tertiary/aromatic N) is 3. The first-order valence-corrected chi connectivity index (χ1v) is 8.45. The quantitative estimate of drug-likeness (QED) is 0.798. The molecule has 0 amide bonds. The Labute approximate surface area is 135 Å². The fourth-order valence-electron chi connectivity index (χ4n) is 4.76. The number of fused-ring (bicyclic) bond motifs is 2. The highest BCUT2D eigenvalue weighted by Gasteiger charge is 2.58. The van der Waals surface area contributed by atoms with Crippen molar-refractivity contribution in [3.8, 4) is 0 Å². The van der Waals surface area contributed by atoms with Gasteiger partial charge in [-0.05, 0) is 11.8 Å². The topological polar surface area (TPSA) is 66.3 Å². The zero-order valence-electron chi connectivity index (χ0n) is 13.7. The van der Waals surface area contributed by atoms with Gasteiger partial charge in [-0.15, -0.1) is 5.11 Å². The molecule has 0 radical (unpaired) electrons. The molecule has 0 aromatic heterocycles. The van der Waals surface area contributed by atoms with Gasteiger partial charge in [0.1, 0.15) is 0 Å². The van der Waals surface area contributed by atoms with E-state index in [1.807, 2.05) is 0 Å². The Kier molecular flexibility index (Phi) is 2.59. The number of dihydropyridines is 1. The summed E-state index contributed by atoms with van der Waals surface area (Å²) in [5.74, 6) is 1.21. The lowest BCUT2D eigenvalue weighted by atomic mass is 9.59. The molecule has 0 unspecified atom stereocenters. The van der Waals surface area contributed by atoms with Crippen molar-refractivity contribution in [2.45, 2.75) is 32.7 Å². The Hall–Kier alpha value is -1.53. The zero-order valence-corrected chi connectivity index (χ0v) is 13.7. The summed E-state index contributed by atoms with van der Waals surface area (Å²) in [5, 5.41) is 12.0. The van der Waals surface area contributed by atoms with Crippen LogP contribution in [0.3, 0.4) is 0 Å². The van der Waals surface area contributed by atoms with Crippen molar-refractivity contribution in [1.82, 2.24) is 10.2 Å². The molecule has 2 saturated heterocycles. The molecule has 1 spiro atoms. The average Bonchev–Trinajstić information content (AvgIpc) is 2.80. The van der Waals surface area contributed by atoms with E-state index in [1.165, 1.54) is 5.57 Å². The molecule has 5 rings (SSSR count). The van der Waals surface area contributed by atoms with E-state index >= 15 is 0 Å².